The second kappa shape index (κ2) is 9.48. The van der Waals surface area contributed by atoms with E-state index in [2.05, 4.69) is 15.6 Å². The summed E-state index contributed by atoms with van der Waals surface area (Å²) >= 11 is 0. The molecule has 2 aromatic carbocycles. The van der Waals surface area contributed by atoms with Crippen molar-refractivity contribution >= 4 is 28.8 Å². The maximum atomic E-state index is 14.1. The van der Waals surface area contributed by atoms with E-state index in [1.807, 2.05) is 42.5 Å². The van der Waals surface area contributed by atoms with Gasteiger partial charge < -0.3 is 24.8 Å². The fourth-order valence-corrected chi connectivity index (χ4v) is 6.55. The van der Waals surface area contributed by atoms with Crippen molar-refractivity contribution in [1.29, 1.82) is 0 Å². The summed E-state index contributed by atoms with van der Waals surface area (Å²) in [5, 5.41) is 21.6. The van der Waals surface area contributed by atoms with E-state index in [9.17, 15) is 19.5 Å². The number of nitrogens with one attached hydrogen (secondary N) is 1. The normalized spacial score (nSPS) is 28.5. The standard InChI is InChI=1S/C27H29N5O6/c1-2-37-26(36)21-20-12-13-27(38-20)22(21)25(35)32(19(14-33)16-8-4-3-5-9-16)23(27)24(34)28-15-31-18-11-7-6-10-17(18)29-30-31/h3-11,19-23,33H,2,12-15H2,1H3,(H,28,34)/t19-,20-,21+,22+,23-,27+/m1/s1. The highest BCUT2D eigenvalue weighted by Gasteiger charge is 2.75. The summed E-state index contributed by atoms with van der Waals surface area (Å²) < 4.78 is 13.3. The Labute approximate surface area is 218 Å². The Kier molecular flexibility index (Phi) is 6.11. The van der Waals surface area contributed by atoms with E-state index >= 15 is 0 Å². The predicted octanol–water partition coefficient (Wildman–Crippen LogP) is 1.18. The van der Waals surface area contributed by atoms with Crippen LogP contribution in [0.3, 0.4) is 0 Å². The minimum Gasteiger partial charge on any atom is -0.466 e. The number of aliphatic hydroxyl groups is 1. The van der Waals surface area contributed by atoms with Crippen LogP contribution in [0.5, 0.6) is 0 Å². The molecule has 2 amide bonds. The van der Waals surface area contributed by atoms with Crippen molar-refractivity contribution in [2.24, 2.45) is 11.8 Å². The summed E-state index contributed by atoms with van der Waals surface area (Å²) in [6.45, 7) is 1.52. The maximum Gasteiger partial charge on any atom is 0.312 e. The largest absolute Gasteiger partial charge is 0.466 e. The summed E-state index contributed by atoms with van der Waals surface area (Å²) in [4.78, 5) is 42.5. The van der Waals surface area contributed by atoms with E-state index in [1.54, 1.807) is 23.7 Å². The summed E-state index contributed by atoms with van der Waals surface area (Å²) in [6.07, 6.45) is 0.481. The van der Waals surface area contributed by atoms with Crippen LogP contribution in [0.1, 0.15) is 31.4 Å². The van der Waals surface area contributed by atoms with Gasteiger partial charge in [-0.3, -0.25) is 14.4 Å². The molecule has 6 rings (SSSR count). The average Bonchev–Trinajstić information content (AvgIpc) is 3.68. The van der Waals surface area contributed by atoms with E-state index in [-0.39, 0.29) is 19.2 Å². The molecule has 3 aliphatic heterocycles. The lowest BCUT2D eigenvalue weighted by Gasteiger charge is -2.36. The highest BCUT2D eigenvalue weighted by molar-refractivity contribution is 5.98. The average molecular weight is 520 g/mol. The molecule has 38 heavy (non-hydrogen) atoms. The van der Waals surface area contributed by atoms with Crippen molar-refractivity contribution in [1.82, 2.24) is 25.2 Å². The van der Waals surface area contributed by atoms with Crippen molar-refractivity contribution < 1.29 is 29.0 Å². The number of carbonyl (C=O) groups excluding carboxylic acids is 3. The van der Waals surface area contributed by atoms with E-state index in [0.29, 0.717) is 23.9 Å². The second-order valence-corrected chi connectivity index (χ2v) is 9.94. The highest BCUT2D eigenvalue weighted by atomic mass is 16.6. The molecular formula is C27H29N5O6. The van der Waals surface area contributed by atoms with Gasteiger partial charge in [-0.25, -0.2) is 4.68 Å². The number of hydrogen-bond acceptors (Lipinski definition) is 8. The number of nitrogens with zero attached hydrogens (tertiary/aromatic N) is 4. The predicted molar refractivity (Wildman–Crippen MR) is 133 cm³/mol. The summed E-state index contributed by atoms with van der Waals surface area (Å²) in [7, 11) is 0. The van der Waals surface area contributed by atoms with Gasteiger partial charge in [0.05, 0.1) is 42.7 Å². The Balaban J connectivity index is 1.37. The molecule has 11 heteroatoms. The first-order valence-corrected chi connectivity index (χ1v) is 12.9. The number of amides is 2. The Morgan fingerprint density at radius 3 is 2.74 bits per heavy atom. The number of ether oxygens (including phenoxy) is 2. The monoisotopic (exact) mass is 519 g/mol. The lowest BCUT2D eigenvalue weighted by atomic mass is 9.71. The number of fused-ring (bicyclic) bond motifs is 2. The number of rotatable bonds is 8. The van der Waals surface area contributed by atoms with E-state index in [0.717, 1.165) is 5.52 Å². The van der Waals surface area contributed by atoms with Crippen molar-refractivity contribution in [3.8, 4) is 0 Å². The minimum atomic E-state index is -1.20. The third-order valence-corrected chi connectivity index (χ3v) is 8.06. The topological polar surface area (TPSA) is 136 Å². The SMILES string of the molecule is CCOC(=O)[C@@H]1[C@H]2C(=O)N([C@H](CO)c3ccccc3)[C@H](C(=O)NCn3nnc4ccccc43)[C@]23CC[C@H]1O3. The molecule has 11 nitrogen and oxygen atoms in total. The van der Waals surface area contributed by atoms with E-state index < -0.39 is 54.1 Å². The quantitative estimate of drug-likeness (QED) is 0.424. The van der Waals surface area contributed by atoms with Crippen LogP contribution in [0, 0.1) is 11.8 Å². The number of carbonyl (C=O) groups is 3. The molecular weight excluding hydrogens is 490 g/mol. The van der Waals surface area contributed by atoms with Crippen LogP contribution in [-0.4, -0.2) is 73.7 Å². The smallest absolute Gasteiger partial charge is 0.312 e. The molecule has 6 atom stereocenters. The number of hydrogen-bond donors (Lipinski definition) is 2. The highest BCUT2D eigenvalue weighted by Crippen LogP contribution is 2.59. The third-order valence-electron chi connectivity index (χ3n) is 8.06. The van der Waals surface area contributed by atoms with Crippen LogP contribution in [0.2, 0.25) is 0 Å². The van der Waals surface area contributed by atoms with Crippen LogP contribution in [0.4, 0.5) is 0 Å². The number of benzene rings is 2. The maximum absolute atomic E-state index is 14.1. The van der Waals surface area contributed by atoms with Gasteiger partial charge in [-0.15, -0.1) is 5.10 Å². The molecule has 3 fully saturated rings. The molecule has 3 aliphatic rings. The van der Waals surface area contributed by atoms with Crippen LogP contribution in [0.15, 0.2) is 54.6 Å². The van der Waals surface area contributed by atoms with Crippen LogP contribution in [0.25, 0.3) is 11.0 Å². The van der Waals surface area contributed by atoms with Gasteiger partial charge in [0, 0.05) is 0 Å². The molecule has 0 unspecified atom stereocenters. The van der Waals surface area contributed by atoms with Crippen molar-refractivity contribution in [2.75, 3.05) is 13.2 Å². The van der Waals surface area contributed by atoms with Gasteiger partial charge in [0.15, 0.2) is 0 Å². The lowest BCUT2D eigenvalue weighted by Crippen LogP contribution is -2.56. The van der Waals surface area contributed by atoms with E-state index in [4.69, 9.17) is 9.47 Å². The molecule has 0 saturated carbocycles. The Bertz CT molecular complexity index is 1380. The zero-order chi connectivity index (χ0) is 26.4. The van der Waals surface area contributed by atoms with Crippen LogP contribution < -0.4 is 5.32 Å². The molecule has 0 radical (unpaired) electrons. The molecule has 3 aromatic rings. The molecule has 198 valence electrons. The molecule has 4 heterocycles. The third kappa shape index (κ3) is 3.60. The van der Waals surface area contributed by atoms with Crippen molar-refractivity contribution in [2.45, 2.75) is 50.2 Å². The van der Waals surface area contributed by atoms with Gasteiger partial charge in [-0.2, -0.15) is 0 Å². The first-order chi connectivity index (χ1) is 18.5. The first kappa shape index (κ1) is 24.5. The number of esters is 1. The van der Waals surface area contributed by atoms with Crippen LogP contribution >= 0.6 is 0 Å². The number of likely N-dealkylation sites (tertiary alicyclic amines) is 1. The van der Waals surface area contributed by atoms with Gasteiger partial charge in [0.2, 0.25) is 11.8 Å². The van der Waals surface area contributed by atoms with E-state index in [1.165, 1.54) is 4.90 Å². The molecule has 2 bridgehead atoms. The zero-order valence-corrected chi connectivity index (χ0v) is 20.9. The van der Waals surface area contributed by atoms with Gasteiger partial charge in [0.25, 0.3) is 0 Å². The molecule has 1 spiro atoms. The van der Waals surface area contributed by atoms with Crippen molar-refractivity contribution in [3.05, 3.63) is 60.2 Å². The molecule has 1 aromatic heterocycles. The Hall–Kier alpha value is -3.83. The van der Waals surface area contributed by atoms with Crippen molar-refractivity contribution in [3.63, 3.8) is 0 Å². The number of para-hydroxylation sites is 1. The van der Waals surface area contributed by atoms with Gasteiger partial charge in [-0.05, 0) is 37.5 Å². The zero-order valence-electron chi connectivity index (χ0n) is 20.9. The lowest BCUT2D eigenvalue weighted by molar-refractivity contribution is -0.155. The fourth-order valence-electron chi connectivity index (χ4n) is 6.55. The fraction of sp³-hybridized carbons (Fsp3) is 0.444. The van der Waals surface area contributed by atoms with Gasteiger partial charge in [-0.1, -0.05) is 47.7 Å². The summed E-state index contributed by atoms with van der Waals surface area (Å²) in [5.74, 6) is -3.00. The minimum absolute atomic E-state index is 0.0263. The Morgan fingerprint density at radius 2 is 1.97 bits per heavy atom. The number of aliphatic hydroxyl groups excluding tert-OH is 1. The molecule has 3 saturated heterocycles. The van der Waals surface area contributed by atoms with Crippen LogP contribution in [-0.2, 0) is 30.5 Å². The number of aromatic nitrogens is 3. The summed E-state index contributed by atoms with van der Waals surface area (Å²) in [5.41, 5.74) is 0.927. The summed E-state index contributed by atoms with van der Waals surface area (Å²) in [6, 6.07) is 14.6. The van der Waals surface area contributed by atoms with Gasteiger partial charge >= 0.3 is 5.97 Å². The Morgan fingerprint density at radius 1 is 1.21 bits per heavy atom. The first-order valence-electron chi connectivity index (χ1n) is 12.9. The molecule has 2 N–H and O–H groups in total. The molecule has 0 aliphatic carbocycles. The van der Waals surface area contributed by atoms with Gasteiger partial charge in [0.1, 0.15) is 23.8 Å². The second-order valence-electron chi connectivity index (χ2n) is 9.94.